The van der Waals surface area contributed by atoms with E-state index in [1.165, 1.54) is 17.8 Å². The number of carbonyl (C=O) groups excluding carboxylic acids is 3. The summed E-state index contributed by atoms with van der Waals surface area (Å²) in [5.41, 5.74) is -0.684. The van der Waals surface area contributed by atoms with Gasteiger partial charge in [0.05, 0.1) is 35.3 Å². The van der Waals surface area contributed by atoms with Crippen LogP contribution in [0.2, 0.25) is 0 Å². The molecule has 0 saturated heterocycles. The van der Waals surface area contributed by atoms with E-state index in [0.29, 0.717) is 12.0 Å². The molecule has 14 heteroatoms. The number of furan rings is 1. The van der Waals surface area contributed by atoms with Crippen LogP contribution in [0.15, 0.2) is 52.3 Å². The molecule has 0 radical (unpaired) electrons. The fourth-order valence-electron chi connectivity index (χ4n) is 3.74. The molecule has 3 aromatic heterocycles. The van der Waals surface area contributed by atoms with E-state index in [1.807, 2.05) is 0 Å². The van der Waals surface area contributed by atoms with Crippen LogP contribution in [0.3, 0.4) is 0 Å². The van der Waals surface area contributed by atoms with Crippen molar-refractivity contribution in [1.82, 2.24) is 25.4 Å². The molecule has 3 aromatic rings. The van der Waals surface area contributed by atoms with E-state index < -0.39 is 42.4 Å². The first kappa shape index (κ1) is 26.4. The second kappa shape index (κ2) is 10.4. The lowest BCUT2D eigenvalue weighted by atomic mass is 10.0. The first-order chi connectivity index (χ1) is 18.0. The highest BCUT2D eigenvalue weighted by atomic mass is 19.4. The maximum Gasteiger partial charge on any atom is 0.417 e. The number of hydrogen-bond acceptors (Lipinski definition) is 8. The van der Waals surface area contributed by atoms with Crippen molar-refractivity contribution in [2.24, 2.45) is 0 Å². The van der Waals surface area contributed by atoms with E-state index in [-0.39, 0.29) is 40.7 Å². The van der Waals surface area contributed by atoms with Gasteiger partial charge in [-0.1, -0.05) is 0 Å². The number of nitrogens with one attached hydrogen (secondary N) is 2. The van der Waals surface area contributed by atoms with E-state index in [4.69, 9.17) is 13.9 Å². The van der Waals surface area contributed by atoms with Crippen LogP contribution in [-0.4, -0.2) is 45.9 Å². The van der Waals surface area contributed by atoms with Crippen molar-refractivity contribution in [2.75, 3.05) is 13.2 Å². The number of ether oxygens (including phenoxy) is 2. The Kier molecular flexibility index (Phi) is 7.23. The Morgan fingerprint density at radius 2 is 1.87 bits per heavy atom. The van der Waals surface area contributed by atoms with Crippen LogP contribution in [0.1, 0.15) is 46.1 Å². The van der Waals surface area contributed by atoms with Gasteiger partial charge in [-0.2, -0.15) is 18.3 Å². The third kappa shape index (κ3) is 5.38. The summed E-state index contributed by atoms with van der Waals surface area (Å²) in [6.45, 7) is 4.38. The number of halogens is 3. The second-order valence-corrected chi connectivity index (χ2v) is 8.13. The summed E-state index contributed by atoms with van der Waals surface area (Å²) in [4.78, 5) is 41.7. The van der Waals surface area contributed by atoms with Crippen molar-refractivity contribution in [2.45, 2.75) is 33.0 Å². The lowest BCUT2D eigenvalue weighted by Gasteiger charge is -2.27. The van der Waals surface area contributed by atoms with Crippen molar-refractivity contribution in [3.8, 4) is 5.82 Å². The van der Waals surface area contributed by atoms with E-state index in [2.05, 4.69) is 20.7 Å². The predicted molar refractivity (Wildman–Crippen MR) is 123 cm³/mol. The van der Waals surface area contributed by atoms with Gasteiger partial charge in [-0.3, -0.25) is 0 Å². The van der Waals surface area contributed by atoms with E-state index in [0.717, 1.165) is 12.1 Å². The average Bonchev–Trinajstić information content (AvgIpc) is 3.47. The molecule has 0 fully saturated rings. The maximum absolute atomic E-state index is 12.8. The van der Waals surface area contributed by atoms with E-state index >= 15 is 0 Å². The lowest BCUT2D eigenvalue weighted by Crippen LogP contribution is -2.47. The summed E-state index contributed by atoms with van der Waals surface area (Å²) >= 11 is 0. The molecular weight excluding hydrogens is 511 g/mol. The Labute approximate surface area is 213 Å². The van der Waals surface area contributed by atoms with Gasteiger partial charge < -0.3 is 24.5 Å². The SMILES string of the molecule is CCOC(=O)C1=C(COC(=O)c2cnn(-c3ccc(C(F)(F)F)cn3)c2C)NC(=O)NC1c1ccc(C)o1. The molecule has 2 N–H and O–H groups in total. The molecule has 1 atom stereocenters. The third-order valence-corrected chi connectivity index (χ3v) is 5.56. The van der Waals surface area contributed by atoms with Crippen LogP contribution in [0.4, 0.5) is 18.0 Å². The smallest absolute Gasteiger partial charge is 0.417 e. The minimum atomic E-state index is -4.55. The zero-order valence-corrected chi connectivity index (χ0v) is 20.4. The maximum atomic E-state index is 12.8. The van der Waals surface area contributed by atoms with E-state index in [1.54, 1.807) is 26.0 Å². The Morgan fingerprint density at radius 1 is 1.11 bits per heavy atom. The van der Waals surface area contributed by atoms with Gasteiger partial charge in [0.25, 0.3) is 0 Å². The monoisotopic (exact) mass is 533 g/mol. The van der Waals surface area contributed by atoms with E-state index in [9.17, 15) is 27.6 Å². The molecule has 0 bridgehead atoms. The standard InChI is InChI=1S/C24H22F3N5O6/c1-4-36-22(34)19-16(30-23(35)31-20(19)17-7-5-12(2)38-17)11-37-21(33)15-10-29-32(13(15)3)18-8-6-14(9-28-18)24(25,26)27/h5-10,20H,4,11H2,1-3H3,(H2,30,31,35). The molecule has 200 valence electrons. The first-order valence-corrected chi connectivity index (χ1v) is 11.3. The summed E-state index contributed by atoms with van der Waals surface area (Å²) in [6.07, 6.45) is -2.71. The van der Waals surface area contributed by atoms with Crippen LogP contribution in [0.25, 0.3) is 5.82 Å². The van der Waals surface area contributed by atoms with Crippen LogP contribution >= 0.6 is 0 Å². The number of aromatic nitrogens is 3. The molecule has 11 nitrogen and oxygen atoms in total. The van der Waals surface area contributed by atoms with Gasteiger partial charge in [0.15, 0.2) is 5.82 Å². The number of carbonyl (C=O) groups is 3. The molecular formula is C24H22F3N5O6. The number of urea groups is 1. The van der Waals surface area contributed by atoms with Crippen LogP contribution < -0.4 is 10.6 Å². The first-order valence-electron chi connectivity index (χ1n) is 11.3. The van der Waals surface area contributed by atoms with Crippen molar-refractivity contribution in [3.63, 3.8) is 0 Å². The Hall–Kier alpha value is -4.62. The number of alkyl halides is 3. The minimum Gasteiger partial charge on any atom is -0.464 e. The summed E-state index contributed by atoms with van der Waals surface area (Å²) in [5.74, 6) is -0.703. The van der Waals surface area contributed by atoms with Gasteiger partial charge in [0.1, 0.15) is 29.7 Å². The molecule has 0 aromatic carbocycles. The number of esters is 2. The summed E-state index contributed by atoms with van der Waals surface area (Å²) < 4.78 is 55.7. The Bertz CT molecular complexity index is 1410. The Balaban J connectivity index is 1.57. The number of aryl methyl sites for hydroxylation is 1. The lowest BCUT2D eigenvalue weighted by molar-refractivity contribution is -0.139. The number of pyridine rings is 1. The van der Waals surface area contributed by atoms with Gasteiger partial charge in [0.2, 0.25) is 0 Å². The number of nitrogens with zero attached hydrogens (tertiary/aromatic N) is 3. The van der Waals surface area contributed by atoms with Crippen LogP contribution in [0, 0.1) is 13.8 Å². The predicted octanol–water partition coefficient (Wildman–Crippen LogP) is 3.52. The average molecular weight is 533 g/mol. The Morgan fingerprint density at radius 3 is 2.47 bits per heavy atom. The highest BCUT2D eigenvalue weighted by molar-refractivity contribution is 5.95. The van der Waals surface area contributed by atoms with Crippen molar-refractivity contribution >= 4 is 18.0 Å². The molecule has 0 spiro atoms. The van der Waals surface area contributed by atoms with Crippen molar-refractivity contribution in [1.29, 1.82) is 0 Å². The molecule has 2 amide bonds. The molecule has 1 unspecified atom stereocenters. The highest BCUT2D eigenvalue weighted by Gasteiger charge is 2.36. The quantitative estimate of drug-likeness (QED) is 0.440. The molecule has 4 rings (SSSR count). The van der Waals surface area contributed by atoms with Gasteiger partial charge >= 0.3 is 24.1 Å². The van der Waals surface area contributed by atoms with Crippen molar-refractivity contribution in [3.05, 3.63) is 76.3 Å². The number of hydrogen-bond donors (Lipinski definition) is 2. The molecule has 1 aliphatic heterocycles. The fourth-order valence-corrected chi connectivity index (χ4v) is 3.74. The summed E-state index contributed by atoms with van der Waals surface area (Å²) in [6, 6.07) is 3.59. The topological polar surface area (TPSA) is 138 Å². The second-order valence-electron chi connectivity index (χ2n) is 8.13. The third-order valence-electron chi connectivity index (χ3n) is 5.56. The molecule has 0 aliphatic carbocycles. The van der Waals surface area contributed by atoms with Crippen LogP contribution in [-0.2, 0) is 20.4 Å². The minimum absolute atomic E-state index is 0.00320. The molecule has 0 saturated carbocycles. The zero-order chi connectivity index (χ0) is 27.6. The molecule has 38 heavy (non-hydrogen) atoms. The van der Waals surface area contributed by atoms with Gasteiger partial charge in [-0.15, -0.1) is 0 Å². The van der Waals surface area contributed by atoms with Gasteiger partial charge in [-0.05, 0) is 45.0 Å². The normalized spacial score (nSPS) is 15.6. The fraction of sp³-hybridized carbons (Fsp3) is 0.292. The number of amides is 2. The van der Waals surface area contributed by atoms with Crippen LogP contribution in [0.5, 0.6) is 0 Å². The molecule has 4 heterocycles. The largest absolute Gasteiger partial charge is 0.464 e. The summed E-state index contributed by atoms with van der Waals surface area (Å²) in [7, 11) is 0. The zero-order valence-electron chi connectivity index (χ0n) is 20.4. The van der Waals surface area contributed by atoms with Gasteiger partial charge in [-0.25, -0.2) is 24.0 Å². The highest BCUT2D eigenvalue weighted by Crippen LogP contribution is 2.30. The van der Waals surface area contributed by atoms with Crippen molar-refractivity contribution < 1.29 is 41.4 Å². The number of rotatable bonds is 7. The van der Waals surface area contributed by atoms with Gasteiger partial charge in [0, 0.05) is 6.20 Å². The molecule has 1 aliphatic rings. The summed E-state index contributed by atoms with van der Waals surface area (Å²) in [5, 5.41) is 9.09.